The van der Waals surface area contributed by atoms with Crippen molar-refractivity contribution >= 4 is 5.91 Å². The summed E-state index contributed by atoms with van der Waals surface area (Å²) in [6, 6.07) is 0.251. The van der Waals surface area contributed by atoms with Gasteiger partial charge in [0.15, 0.2) is 0 Å². The van der Waals surface area contributed by atoms with Gasteiger partial charge in [0.25, 0.3) is 0 Å². The van der Waals surface area contributed by atoms with Crippen molar-refractivity contribution in [2.75, 3.05) is 19.7 Å². The van der Waals surface area contributed by atoms with E-state index in [1.165, 1.54) is 0 Å². The fraction of sp³-hybridized carbons (Fsp3) is 0.933. The van der Waals surface area contributed by atoms with Crippen molar-refractivity contribution in [1.82, 2.24) is 10.6 Å². The molecule has 1 saturated heterocycles. The molecule has 1 saturated carbocycles. The minimum atomic E-state index is -0.188. The van der Waals surface area contributed by atoms with Gasteiger partial charge in [0.2, 0.25) is 5.91 Å². The standard InChI is InChI=1S/C15H28N2O2/c1-5-15(7-8-16-10-15)13(18)17-11-9-12(19-6-2)14(11,3)4/h11-12,16H,5-10H2,1-4H3,(H,17,18). The van der Waals surface area contributed by atoms with E-state index < -0.39 is 0 Å². The number of carbonyl (C=O) groups is 1. The molecule has 2 aliphatic rings. The van der Waals surface area contributed by atoms with Gasteiger partial charge in [0.1, 0.15) is 0 Å². The van der Waals surface area contributed by atoms with Crippen LogP contribution < -0.4 is 10.6 Å². The first-order valence-corrected chi connectivity index (χ1v) is 7.59. The average molecular weight is 268 g/mol. The number of ether oxygens (including phenoxy) is 1. The summed E-state index contributed by atoms with van der Waals surface area (Å²) in [5.74, 6) is 0.230. The van der Waals surface area contributed by atoms with Crippen molar-refractivity contribution in [1.29, 1.82) is 0 Å². The van der Waals surface area contributed by atoms with Crippen LogP contribution in [0.1, 0.15) is 47.0 Å². The van der Waals surface area contributed by atoms with Crippen molar-refractivity contribution in [3.05, 3.63) is 0 Å². The van der Waals surface area contributed by atoms with Gasteiger partial charge in [-0.25, -0.2) is 0 Å². The van der Waals surface area contributed by atoms with E-state index in [1.54, 1.807) is 0 Å². The lowest BCUT2D eigenvalue weighted by Gasteiger charge is -2.52. The second-order valence-electron chi connectivity index (χ2n) is 6.59. The molecule has 0 aromatic carbocycles. The molecule has 0 bridgehead atoms. The second-order valence-corrected chi connectivity index (χ2v) is 6.59. The molecule has 1 aliphatic heterocycles. The van der Waals surface area contributed by atoms with Crippen LogP contribution in [0.15, 0.2) is 0 Å². The van der Waals surface area contributed by atoms with Crippen molar-refractivity contribution in [3.8, 4) is 0 Å². The zero-order valence-corrected chi connectivity index (χ0v) is 12.7. The minimum Gasteiger partial charge on any atom is -0.378 e. The summed E-state index contributed by atoms with van der Waals surface area (Å²) in [6.07, 6.45) is 3.09. The van der Waals surface area contributed by atoms with Crippen molar-refractivity contribution in [3.63, 3.8) is 0 Å². The van der Waals surface area contributed by atoms with Crippen molar-refractivity contribution in [2.45, 2.75) is 59.1 Å². The number of nitrogens with one attached hydrogen (secondary N) is 2. The maximum Gasteiger partial charge on any atom is 0.227 e. The molecule has 1 aliphatic carbocycles. The fourth-order valence-electron chi connectivity index (χ4n) is 3.33. The maximum absolute atomic E-state index is 12.6. The van der Waals surface area contributed by atoms with E-state index in [0.717, 1.165) is 39.0 Å². The topological polar surface area (TPSA) is 50.4 Å². The monoisotopic (exact) mass is 268 g/mol. The molecule has 3 unspecified atom stereocenters. The second kappa shape index (κ2) is 5.41. The highest BCUT2D eigenvalue weighted by atomic mass is 16.5. The third-order valence-electron chi connectivity index (χ3n) is 5.25. The van der Waals surface area contributed by atoms with E-state index in [0.29, 0.717) is 0 Å². The van der Waals surface area contributed by atoms with Gasteiger partial charge in [-0.3, -0.25) is 4.79 Å². The molecule has 3 atom stereocenters. The first kappa shape index (κ1) is 14.8. The Morgan fingerprint density at radius 1 is 1.42 bits per heavy atom. The Balaban J connectivity index is 1.93. The van der Waals surface area contributed by atoms with E-state index >= 15 is 0 Å². The lowest BCUT2D eigenvalue weighted by molar-refractivity contribution is -0.144. The highest BCUT2D eigenvalue weighted by molar-refractivity contribution is 5.83. The Labute approximate surface area is 116 Å². The third kappa shape index (κ3) is 2.52. The summed E-state index contributed by atoms with van der Waals surface area (Å²) in [6.45, 7) is 11.0. The molecule has 0 radical (unpaired) electrons. The predicted molar refractivity (Wildman–Crippen MR) is 76.0 cm³/mol. The molecule has 2 N–H and O–H groups in total. The molecule has 1 heterocycles. The van der Waals surface area contributed by atoms with Crippen LogP contribution in [0, 0.1) is 10.8 Å². The molecule has 19 heavy (non-hydrogen) atoms. The van der Waals surface area contributed by atoms with Crippen LogP contribution in [0.25, 0.3) is 0 Å². The summed E-state index contributed by atoms with van der Waals surface area (Å²) in [4.78, 5) is 12.6. The molecular weight excluding hydrogens is 240 g/mol. The highest BCUT2D eigenvalue weighted by Gasteiger charge is 2.51. The Morgan fingerprint density at radius 3 is 2.63 bits per heavy atom. The molecule has 2 rings (SSSR count). The van der Waals surface area contributed by atoms with Crippen LogP contribution in [-0.4, -0.2) is 37.7 Å². The summed E-state index contributed by atoms with van der Waals surface area (Å²) in [7, 11) is 0. The number of hydrogen-bond donors (Lipinski definition) is 2. The summed E-state index contributed by atoms with van der Waals surface area (Å²) in [5, 5.41) is 6.59. The molecule has 4 heteroatoms. The molecule has 4 nitrogen and oxygen atoms in total. The van der Waals surface area contributed by atoms with Gasteiger partial charge < -0.3 is 15.4 Å². The molecule has 2 fully saturated rings. The number of hydrogen-bond acceptors (Lipinski definition) is 3. The van der Waals surface area contributed by atoms with Gasteiger partial charge in [-0.2, -0.15) is 0 Å². The molecule has 0 aromatic heterocycles. The molecule has 0 aromatic rings. The first-order chi connectivity index (χ1) is 8.96. The number of rotatable bonds is 5. The van der Waals surface area contributed by atoms with Crippen molar-refractivity contribution in [2.24, 2.45) is 10.8 Å². The van der Waals surface area contributed by atoms with Crippen LogP contribution in [-0.2, 0) is 9.53 Å². The normalized spacial score (nSPS) is 36.8. The fourth-order valence-corrected chi connectivity index (χ4v) is 3.33. The lowest BCUT2D eigenvalue weighted by Crippen LogP contribution is -2.63. The van der Waals surface area contributed by atoms with E-state index in [4.69, 9.17) is 4.74 Å². The van der Waals surface area contributed by atoms with Crippen LogP contribution in [0.2, 0.25) is 0 Å². The third-order valence-corrected chi connectivity index (χ3v) is 5.25. The van der Waals surface area contributed by atoms with Gasteiger partial charge >= 0.3 is 0 Å². The zero-order valence-electron chi connectivity index (χ0n) is 12.7. The van der Waals surface area contributed by atoms with Gasteiger partial charge in [-0.05, 0) is 32.7 Å². The molecular formula is C15H28N2O2. The Bertz CT molecular complexity index is 335. The highest BCUT2D eigenvalue weighted by Crippen LogP contribution is 2.43. The SMILES string of the molecule is CCOC1CC(NC(=O)C2(CC)CCNC2)C1(C)C. The Morgan fingerprint density at radius 2 is 2.16 bits per heavy atom. The number of carbonyl (C=O) groups excluding carboxylic acids is 1. The number of amides is 1. The largest absolute Gasteiger partial charge is 0.378 e. The molecule has 1 amide bonds. The lowest BCUT2D eigenvalue weighted by atomic mass is 9.64. The van der Waals surface area contributed by atoms with Crippen LogP contribution in [0.3, 0.4) is 0 Å². The maximum atomic E-state index is 12.6. The Kier molecular flexibility index (Phi) is 4.21. The van der Waals surface area contributed by atoms with Gasteiger partial charge in [0.05, 0.1) is 11.5 Å². The van der Waals surface area contributed by atoms with Crippen LogP contribution in [0.4, 0.5) is 0 Å². The minimum absolute atomic E-state index is 0.0482. The predicted octanol–water partition coefficient (Wildman–Crippen LogP) is 1.70. The summed E-state index contributed by atoms with van der Waals surface area (Å²) >= 11 is 0. The van der Waals surface area contributed by atoms with Crippen LogP contribution in [0.5, 0.6) is 0 Å². The average Bonchev–Trinajstić information content (AvgIpc) is 2.87. The van der Waals surface area contributed by atoms with Crippen molar-refractivity contribution < 1.29 is 9.53 Å². The Hall–Kier alpha value is -0.610. The van der Waals surface area contributed by atoms with E-state index in [1.807, 2.05) is 6.92 Å². The smallest absolute Gasteiger partial charge is 0.227 e. The van der Waals surface area contributed by atoms with Gasteiger partial charge in [-0.1, -0.05) is 20.8 Å². The zero-order chi connectivity index (χ0) is 14.1. The quantitative estimate of drug-likeness (QED) is 0.798. The summed E-state index contributed by atoms with van der Waals surface area (Å²) < 4.78 is 5.72. The summed E-state index contributed by atoms with van der Waals surface area (Å²) in [5.41, 5.74) is -0.139. The molecule has 0 spiro atoms. The van der Waals surface area contributed by atoms with E-state index in [9.17, 15) is 4.79 Å². The van der Waals surface area contributed by atoms with Gasteiger partial charge in [0, 0.05) is 24.6 Å². The van der Waals surface area contributed by atoms with E-state index in [2.05, 4.69) is 31.4 Å². The molecule has 110 valence electrons. The van der Waals surface area contributed by atoms with Crippen LogP contribution >= 0.6 is 0 Å². The first-order valence-electron chi connectivity index (χ1n) is 7.59. The van der Waals surface area contributed by atoms with E-state index in [-0.39, 0.29) is 28.9 Å². The van der Waals surface area contributed by atoms with Gasteiger partial charge in [-0.15, -0.1) is 0 Å².